The zero-order valence-electron chi connectivity index (χ0n) is 21.7. The first-order valence-electron chi connectivity index (χ1n) is 12.9. The van der Waals surface area contributed by atoms with Crippen LogP contribution in [-0.2, 0) is 0 Å². The second-order valence-electron chi connectivity index (χ2n) is 8.70. The number of hydrogen-bond acceptors (Lipinski definition) is 7. The molecule has 0 saturated carbocycles. The van der Waals surface area contributed by atoms with Gasteiger partial charge in [0.2, 0.25) is 0 Å². The first-order valence-corrected chi connectivity index (χ1v) is 12.9. The summed E-state index contributed by atoms with van der Waals surface area (Å²) >= 11 is 0. The minimum atomic E-state index is -0.296. The summed E-state index contributed by atoms with van der Waals surface area (Å²) in [4.78, 5) is 17.7. The zero-order chi connectivity index (χ0) is 25.5. The van der Waals surface area contributed by atoms with Gasteiger partial charge in [-0.2, -0.15) is 0 Å². The molecule has 0 fully saturated rings. The number of carbonyl (C=O) groups excluding carboxylic acids is 1. The van der Waals surface area contributed by atoms with Crippen molar-refractivity contribution in [2.24, 2.45) is 0 Å². The molecule has 2 aromatic heterocycles. The first-order chi connectivity index (χ1) is 17.5. The van der Waals surface area contributed by atoms with Gasteiger partial charge >= 0.3 is 0 Å². The highest BCUT2D eigenvalue weighted by Gasteiger charge is 2.19. The van der Waals surface area contributed by atoms with E-state index in [1.165, 1.54) is 0 Å². The number of furan rings is 2. The number of fused-ring (bicyclic) bond motifs is 2. The lowest BCUT2D eigenvalue weighted by atomic mass is 10.2. The summed E-state index contributed by atoms with van der Waals surface area (Å²) < 4.78 is 23.5. The van der Waals surface area contributed by atoms with Crippen LogP contribution in [-0.4, -0.2) is 68.1 Å². The molecule has 0 atom stereocenters. The van der Waals surface area contributed by atoms with Crippen LogP contribution in [0.1, 0.15) is 44.0 Å². The number of nitrogens with zero attached hydrogens (tertiary/aromatic N) is 2. The molecule has 0 amide bonds. The third-order valence-corrected chi connectivity index (χ3v) is 6.56. The summed E-state index contributed by atoms with van der Waals surface area (Å²) in [6.45, 7) is 15.5. The van der Waals surface area contributed by atoms with Gasteiger partial charge in [0.15, 0.2) is 11.5 Å². The van der Waals surface area contributed by atoms with Gasteiger partial charge in [0.25, 0.3) is 5.78 Å². The van der Waals surface area contributed by atoms with E-state index in [0.29, 0.717) is 24.4 Å². The van der Waals surface area contributed by atoms with E-state index in [1.54, 1.807) is 12.1 Å². The fourth-order valence-corrected chi connectivity index (χ4v) is 4.23. The molecule has 2 heterocycles. The normalized spacial score (nSPS) is 11.7. The summed E-state index contributed by atoms with van der Waals surface area (Å²) in [7, 11) is 0. The number of benzene rings is 2. The molecule has 4 rings (SSSR count). The number of ether oxygens (including phenoxy) is 2. The minimum Gasteiger partial charge on any atom is -0.492 e. The van der Waals surface area contributed by atoms with Crippen molar-refractivity contribution in [3.63, 3.8) is 0 Å². The van der Waals surface area contributed by atoms with Gasteiger partial charge in [0, 0.05) is 23.9 Å². The Morgan fingerprint density at radius 3 is 1.47 bits per heavy atom. The van der Waals surface area contributed by atoms with Gasteiger partial charge in [-0.15, -0.1) is 0 Å². The van der Waals surface area contributed by atoms with Gasteiger partial charge in [-0.25, -0.2) is 0 Å². The smallest absolute Gasteiger partial charge is 0.263 e. The highest BCUT2D eigenvalue weighted by atomic mass is 16.5. The van der Waals surface area contributed by atoms with Crippen LogP contribution in [0.15, 0.2) is 57.4 Å². The van der Waals surface area contributed by atoms with E-state index >= 15 is 0 Å². The Kier molecular flexibility index (Phi) is 8.67. The summed E-state index contributed by atoms with van der Waals surface area (Å²) in [5.74, 6) is 1.69. The van der Waals surface area contributed by atoms with E-state index in [0.717, 1.165) is 61.5 Å². The van der Waals surface area contributed by atoms with Crippen LogP contribution in [0.3, 0.4) is 0 Å². The maximum atomic E-state index is 13.1. The number of hydrogen-bond donors (Lipinski definition) is 0. The fraction of sp³-hybridized carbons (Fsp3) is 0.414. The second kappa shape index (κ2) is 12.1. The lowest BCUT2D eigenvalue weighted by Crippen LogP contribution is -2.27. The van der Waals surface area contributed by atoms with Crippen LogP contribution in [0.5, 0.6) is 11.5 Å². The molecule has 7 nitrogen and oxygen atoms in total. The van der Waals surface area contributed by atoms with Gasteiger partial charge in [-0.1, -0.05) is 27.7 Å². The van der Waals surface area contributed by atoms with Crippen molar-refractivity contribution < 1.29 is 23.1 Å². The third kappa shape index (κ3) is 6.09. The molecule has 0 radical (unpaired) electrons. The molecular formula is C29H36N2O5. The van der Waals surface area contributed by atoms with Crippen LogP contribution in [0.4, 0.5) is 0 Å². The van der Waals surface area contributed by atoms with E-state index in [2.05, 4.69) is 37.5 Å². The van der Waals surface area contributed by atoms with Crippen molar-refractivity contribution in [1.82, 2.24) is 9.80 Å². The molecule has 0 aliphatic heterocycles. The molecule has 192 valence electrons. The topological polar surface area (TPSA) is 68.3 Å². The maximum Gasteiger partial charge on any atom is 0.263 e. The van der Waals surface area contributed by atoms with Crippen molar-refractivity contribution in [2.75, 3.05) is 52.5 Å². The Bertz CT molecular complexity index is 1190. The van der Waals surface area contributed by atoms with Gasteiger partial charge in [0.1, 0.15) is 35.9 Å². The lowest BCUT2D eigenvalue weighted by molar-refractivity contribution is 0.0987. The van der Waals surface area contributed by atoms with Gasteiger partial charge in [-0.05, 0) is 74.7 Å². The molecule has 0 saturated heterocycles. The van der Waals surface area contributed by atoms with Crippen LogP contribution in [0.25, 0.3) is 21.9 Å². The van der Waals surface area contributed by atoms with Crippen molar-refractivity contribution in [3.8, 4) is 11.5 Å². The Labute approximate surface area is 212 Å². The average molecular weight is 493 g/mol. The van der Waals surface area contributed by atoms with Crippen LogP contribution < -0.4 is 9.47 Å². The Morgan fingerprint density at radius 2 is 1.08 bits per heavy atom. The van der Waals surface area contributed by atoms with Crippen molar-refractivity contribution >= 4 is 27.7 Å². The Hall–Kier alpha value is -3.29. The molecule has 4 aromatic rings. The number of rotatable bonds is 14. The van der Waals surface area contributed by atoms with Crippen LogP contribution >= 0.6 is 0 Å². The van der Waals surface area contributed by atoms with E-state index in [-0.39, 0.29) is 17.3 Å². The van der Waals surface area contributed by atoms with E-state index in [4.69, 9.17) is 18.3 Å². The Balaban J connectivity index is 1.43. The number of likely N-dealkylation sites (N-methyl/N-ethyl adjacent to an activating group) is 2. The highest BCUT2D eigenvalue weighted by Crippen LogP contribution is 2.29. The third-order valence-electron chi connectivity index (χ3n) is 6.56. The van der Waals surface area contributed by atoms with Gasteiger partial charge in [-0.3, -0.25) is 4.79 Å². The maximum absolute atomic E-state index is 13.1. The molecule has 0 bridgehead atoms. The summed E-state index contributed by atoms with van der Waals surface area (Å²) in [5, 5.41) is 1.64. The largest absolute Gasteiger partial charge is 0.492 e. The van der Waals surface area contributed by atoms with Gasteiger partial charge < -0.3 is 28.1 Å². The first kappa shape index (κ1) is 25.8. The zero-order valence-corrected chi connectivity index (χ0v) is 21.7. The van der Waals surface area contributed by atoms with Crippen molar-refractivity contribution in [3.05, 3.63) is 60.1 Å². The predicted octanol–water partition coefficient (Wildman–Crippen LogP) is 5.85. The summed E-state index contributed by atoms with van der Waals surface area (Å²) in [5.41, 5.74) is 1.27. The summed E-state index contributed by atoms with van der Waals surface area (Å²) in [6, 6.07) is 14.7. The van der Waals surface area contributed by atoms with Crippen LogP contribution in [0, 0.1) is 0 Å². The molecule has 0 N–H and O–H groups in total. The summed E-state index contributed by atoms with van der Waals surface area (Å²) in [6.07, 6.45) is 0. The quantitative estimate of drug-likeness (QED) is 0.205. The molecule has 0 aliphatic rings. The standard InChI is InChI=1S/C29H36N2O5/c1-5-30(6-2)13-15-33-23-9-11-25-21(17-23)19-27(35-25)29(32)28-20-22-18-24(10-12-26(22)36-28)34-16-14-31(7-3)8-4/h9-12,17-20H,5-8,13-16H2,1-4H3. The molecule has 0 aliphatic carbocycles. The van der Waals surface area contributed by atoms with E-state index in [9.17, 15) is 4.79 Å². The average Bonchev–Trinajstić information content (AvgIpc) is 3.52. The predicted molar refractivity (Wildman–Crippen MR) is 142 cm³/mol. The number of ketones is 1. The molecule has 36 heavy (non-hydrogen) atoms. The highest BCUT2D eigenvalue weighted by molar-refractivity contribution is 6.09. The number of carbonyl (C=O) groups is 1. The van der Waals surface area contributed by atoms with E-state index in [1.807, 2.05) is 36.4 Å². The fourth-order valence-electron chi connectivity index (χ4n) is 4.23. The molecule has 7 heteroatoms. The Morgan fingerprint density at radius 1 is 0.667 bits per heavy atom. The lowest BCUT2D eigenvalue weighted by Gasteiger charge is -2.17. The second-order valence-corrected chi connectivity index (χ2v) is 8.70. The van der Waals surface area contributed by atoms with Crippen molar-refractivity contribution in [2.45, 2.75) is 27.7 Å². The van der Waals surface area contributed by atoms with E-state index < -0.39 is 0 Å². The monoisotopic (exact) mass is 492 g/mol. The molecule has 0 unspecified atom stereocenters. The molecular weight excluding hydrogens is 456 g/mol. The van der Waals surface area contributed by atoms with Crippen LogP contribution in [0.2, 0.25) is 0 Å². The SMILES string of the molecule is CCN(CC)CCOc1ccc2oc(C(=O)c3cc4cc(OCCN(CC)CC)ccc4o3)cc2c1. The minimum absolute atomic E-state index is 0.236. The molecule has 0 spiro atoms. The van der Waals surface area contributed by atoms with Crippen molar-refractivity contribution in [1.29, 1.82) is 0 Å². The molecule has 2 aromatic carbocycles. The van der Waals surface area contributed by atoms with Gasteiger partial charge in [0.05, 0.1) is 0 Å².